The first-order chi connectivity index (χ1) is 12.4. The minimum absolute atomic E-state index is 0.274. The van der Waals surface area contributed by atoms with E-state index in [0.29, 0.717) is 27.0 Å². The van der Waals surface area contributed by atoms with Gasteiger partial charge in [-0.05, 0) is 37.3 Å². The van der Waals surface area contributed by atoms with Gasteiger partial charge in [0.2, 0.25) is 0 Å². The first-order valence-electron chi connectivity index (χ1n) is 7.63. The van der Waals surface area contributed by atoms with Gasteiger partial charge in [-0.1, -0.05) is 29.8 Å². The molecule has 6 nitrogen and oxygen atoms in total. The number of nitrogens with two attached hydrogens (primary N) is 1. The summed E-state index contributed by atoms with van der Waals surface area (Å²) in [6, 6.07) is 13.4. The number of carbonyl (C=O) groups is 2. The van der Waals surface area contributed by atoms with Crippen LogP contribution in [0.25, 0.3) is 10.6 Å². The maximum Gasteiger partial charge on any atom is 0.316 e. The monoisotopic (exact) mass is 386 g/mol. The number of aromatic nitrogens is 1. The lowest BCUT2D eigenvalue weighted by Gasteiger charge is -2.07. The highest BCUT2D eigenvalue weighted by molar-refractivity contribution is 7.17. The maximum atomic E-state index is 12.6. The third-order valence-electron chi connectivity index (χ3n) is 3.46. The third kappa shape index (κ3) is 4.19. The van der Waals surface area contributed by atoms with E-state index in [1.54, 1.807) is 43.3 Å². The quantitative estimate of drug-likeness (QED) is 0.615. The number of aryl methyl sites for hydroxylation is 1. The van der Waals surface area contributed by atoms with Crippen molar-refractivity contribution >= 4 is 46.3 Å². The van der Waals surface area contributed by atoms with Crippen LogP contribution < -0.4 is 16.4 Å². The number of halogens is 1. The second-order valence-corrected chi connectivity index (χ2v) is 6.90. The second kappa shape index (κ2) is 7.55. The van der Waals surface area contributed by atoms with Crippen LogP contribution in [0, 0.1) is 6.92 Å². The Labute approximate surface area is 159 Å². The summed E-state index contributed by atoms with van der Waals surface area (Å²) < 4.78 is 0. The molecule has 132 valence electrons. The Balaban J connectivity index is 1.81. The van der Waals surface area contributed by atoms with Crippen LogP contribution in [-0.4, -0.2) is 16.9 Å². The van der Waals surface area contributed by atoms with Crippen LogP contribution in [0.15, 0.2) is 48.5 Å². The smallest absolute Gasteiger partial charge is 0.316 e. The molecule has 0 bridgehead atoms. The highest BCUT2D eigenvalue weighted by atomic mass is 35.5. The van der Waals surface area contributed by atoms with Crippen LogP contribution in [0.2, 0.25) is 5.02 Å². The minimum atomic E-state index is -0.669. The van der Waals surface area contributed by atoms with E-state index in [2.05, 4.69) is 15.6 Å². The van der Waals surface area contributed by atoms with Gasteiger partial charge in [-0.15, -0.1) is 11.3 Å². The van der Waals surface area contributed by atoms with Crippen molar-refractivity contribution in [1.29, 1.82) is 0 Å². The van der Waals surface area contributed by atoms with E-state index in [0.717, 1.165) is 10.6 Å². The van der Waals surface area contributed by atoms with E-state index in [9.17, 15) is 9.59 Å². The molecular formula is C18H15ClN4O2S. The second-order valence-electron chi connectivity index (χ2n) is 5.47. The van der Waals surface area contributed by atoms with Crippen molar-refractivity contribution in [2.75, 3.05) is 10.6 Å². The topological polar surface area (TPSA) is 97.1 Å². The molecule has 0 saturated carbocycles. The highest BCUT2D eigenvalue weighted by Gasteiger charge is 2.16. The van der Waals surface area contributed by atoms with Gasteiger partial charge in [0.1, 0.15) is 9.88 Å². The van der Waals surface area contributed by atoms with Crippen molar-refractivity contribution in [3.05, 3.63) is 64.1 Å². The fourth-order valence-corrected chi connectivity index (χ4v) is 3.51. The van der Waals surface area contributed by atoms with Crippen LogP contribution >= 0.6 is 22.9 Å². The first kappa shape index (κ1) is 17.9. The number of nitrogens with one attached hydrogen (secondary N) is 2. The maximum absolute atomic E-state index is 12.6. The van der Waals surface area contributed by atoms with Crippen molar-refractivity contribution in [3.63, 3.8) is 0 Å². The van der Waals surface area contributed by atoms with Crippen molar-refractivity contribution in [3.8, 4) is 10.6 Å². The number of hydrogen-bond acceptors (Lipinski definition) is 4. The molecule has 0 saturated heterocycles. The Kier molecular flexibility index (Phi) is 5.20. The molecule has 26 heavy (non-hydrogen) atoms. The molecular weight excluding hydrogens is 372 g/mol. The fraction of sp³-hybridized carbons (Fsp3) is 0.0556. The Morgan fingerprint density at radius 2 is 1.77 bits per heavy atom. The molecule has 0 unspecified atom stereocenters. The predicted molar refractivity (Wildman–Crippen MR) is 105 cm³/mol. The minimum Gasteiger partial charge on any atom is -0.351 e. The van der Waals surface area contributed by atoms with Gasteiger partial charge in [-0.3, -0.25) is 4.79 Å². The number of carbonyl (C=O) groups excluding carboxylic acids is 2. The number of nitrogens with zero attached hydrogens (tertiary/aromatic N) is 1. The highest BCUT2D eigenvalue weighted by Crippen LogP contribution is 2.30. The standard InChI is InChI=1S/C18H15ClN4O2S/c1-10-15(26-17(21-10)11-4-2-5-12(19)8-11)16(24)22-13-6-3-7-14(9-13)23-18(20)25/h2-9H,1H3,(H,22,24)(H3,20,23,25). The molecule has 3 rings (SSSR count). The van der Waals surface area contributed by atoms with Gasteiger partial charge >= 0.3 is 6.03 Å². The molecule has 0 aliphatic carbocycles. The number of hydrogen-bond donors (Lipinski definition) is 3. The van der Waals surface area contributed by atoms with Crippen LogP contribution in [0.4, 0.5) is 16.2 Å². The molecule has 2 aromatic carbocycles. The number of thiazole rings is 1. The lowest BCUT2D eigenvalue weighted by atomic mass is 10.2. The van der Waals surface area contributed by atoms with E-state index >= 15 is 0 Å². The Bertz CT molecular complexity index is 987. The zero-order chi connectivity index (χ0) is 18.7. The SMILES string of the molecule is Cc1nc(-c2cccc(Cl)c2)sc1C(=O)Nc1cccc(NC(N)=O)c1. The molecule has 0 aliphatic rings. The van der Waals surface area contributed by atoms with E-state index in [1.165, 1.54) is 11.3 Å². The number of primary amides is 1. The van der Waals surface area contributed by atoms with Gasteiger partial charge in [-0.2, -0.15) is 0 Å². The predicted octanol–water partition coefficient (Wildman–Crippen LogP) is 4.51. The summed E-state index contributed by atoms with van der Waals surface area (Å²) >= 11 is 7.31. The molecule has 3 amide bonds. The van der Waals surface area contributed by atoms with E-state index in [1.807, 2.05) is 12.1 Å². The van der Waals surface area contributed by atoms with Crippen LogP contribution in [-0.2, 0) is 0 Å². The molecule has 8 heteroatoms. The molecule has 0 aliphatic heterocycles. The summed E-state index contributed by atoms with van der Waals surface area (Å²) in [5.41, 5.74) is 7.63. The van der Waals surface area contributed by atoms with Crippen molar-refractivity contribution in [2.24, 2.45) is 5.73 Å². The lowest BCUT2D eigenvalue weighted by molar-refractivity contribution is 0.103. The van der Waals surface area contributed by atoms with E-state index in [-0.39, 0.29) is 5.91 Å². The van der Waals surface area contributed by atoms with Gasteiger partial charge < -0.3 is 16.4 Å². The molecule has 1 heterocycles. The Morgan fingerprint density at radius 3 is 2.46 bits per heavy atom. The summed E-state index contributed by atoms with van der Waals surface area (Å²) in [5.74, 6) is -0.274. The number of amides is 3. The number of anilines is 2. The number of urea groups is 1. The van der Waals surface area contributed by atoms with Crippen LogP contribution in [0.1, 0.15) is 15.4 Å². The summed E-state index contributed by atoms with van der Waals surface area (Å²) in [4.78, 5) is 28.5. The first-order valence-corrected chi connectivity index (χ1v) is 8.83. The average Bonchev–Trinajstić information content (AvgIpc) is 2.96. The summed E-state index contributed by atoms with van der Waals surface area (Å²) in [5, 5.41) is 6.60. The van der Waals surface area contributed by atoms with E-state index in [4.69, 9.17) is 17.3 Å². The molecule has 0 radical (unpaired) electrons. The summed E-state index contributed by atoms with van der Waals surface area (Å²) in [6.45, 7) is 1.78. The van der Waals surface area contributed by atoms with E-state index < -0.39 is 6.03 Å². The lowest BCUT2D eigenvalue weighted by Crippen LogP contribution is -2.19. The third-order valence-corrected chi connectivity index (χ3v) is 4.90. The molecule has 1 aromatic heterocycles. The number of benzene rings is 2. The zero-order valence-electron chi connectivity index (χ0n) is 13.7. The van der Waals surface area contributed by atoms with Crippen LogP contribution in [0.5, 0.6) is 0 Å². The van der Waals surface area contributed by atoms with Crippen molar-refractivity contribution in [1.82, 2.24) is 4.98 Å². The van der Waals surface area contributed by atoms with Gasteiger partial charge in [0.25, 0.3) is 5.91 Å². The normalized spacial score (nSPS) is 10.4. The van der Waals surface area contributed by atoms with Gasteiger partial charge in [0, 0.05) is 22.0 Å². The average molecular weight is 387 g/mol. The van der Waals surface area contributed by atoms with Crippen molar-refractivity contribution in [2.45, 2.75) is 6.92 Å². The van der Waals surface area contributed by atoms with Gasteiger partial charge in [0.15, 0.2) is 0 Å². The molecule has 0 atom stereocenters. The Hall–Kier alpha value is -2.90. The number of rotatable bonds is 4. The molecule has 0 fully saturated rings. The van der Waals surface area contributed by atoms with Gasteiger partial charge in [-0.25, -0.2) is 9.78 Å². The van der Waals surface area contributed by atoms with Gasteiger partial charge in [0.05, 0.1) is 5.69 Å². The largest absolute Gasteiger partial charge is 0.351 e. The molecule has 3 aromatic rings. The fourth-order valence-electron chi connectivity index (χ4n) is 2.36. The van der Waals surface area contributed by atoms with Crippen molar-refractivity contribution < 1.29 is 9.59 Å². The molecule has 0 spiro atoms. The zero-order valence-corrected chi connectivity index (χ0v) is 15.3. The Morgan fingerprint density at radius 1 is 1.08 bits per heavy atom. The molecule has 4 N–H and O–H groups in total. The van der Waals surface area contributed by atoms with Crippen LogP contribution in [0.3, 0.4) is 0 Å². The summed E-state index contributed by atoms with van der Waals surface area (Å²) in [6.07, 6.45) is 0. The summed E-state index contributed by atoms with van der Waals surface area (Å²) in [7, 11) is 0.